The highest BCUT2D eigenvalue weighted by molar-refractivity contribution is 6.35. The fraction of sp³-hybridized carbons (Fsp3) is 0.429. The molecule has 3 heterocycles. The van der Waals surface area contributed by atoms with Crippen molar-refractivity contribution in [3.63, 3.8) is 0 Å². The normalized spacial score (nSPS) is 16.5. The summed E-state index contributed by atoms with van der Waals surface area (Å²) < 4.78 is 2.00. The van der Waals surface area contributed by atoms with Crippen LogP contribution in [0.1, 0.15) is 41.0 Å². The summed E-state index contributed by atoms with van der Waals surface area (Å²) in [5, 5.41) is 3.58. The average molecular weight is 523 g/mol. The van der Waals surface area contributed by atoms with Gasteiger partial charge in [-0.2, -0.15) is 0 Å². The van der Waals surface area contributed by atoms with E-state index in [0.717, 1.165) is 54.8 Å². The first-order valence-electron chi connectivity index (χ1n) is 12.7. The zero-order valence-electron chi connectivity index (χ0n) is 22.0. The molecule has 3 aromatic rings. The van der Waals surface area contributed by atoms with E-state index in [2.05, 4.69) is 10.3 Å². The highest BCUT2D eigenvalue weighted by Crippen LogP contribution is 2.30. The van der Waals surface area contributed by atoms with E-state index in [1.54, 1.807) is 18.2 Å². The van der Waals surface area contributed by atoms with Crippen LogP contribution in [0.5, 0.6) is 0 Å². The maximum absolute atomic E-state index is 13.2. The third-order valence-corrected chi connectivity index (χ3v) is 6.84. The fourth-order valence-electron chi connectivity index (χ4n) is 4.86. The summed E-state index contributed by atoms with van der Waals surface area (Å²) in [4.78, 5) is 39.1. The molecule has 0 radical (unpaired) electrons. The van der Waals surface area contributed by atoms with Crippen molar-refractivity contribution in [2.75, 3.05) is 39.0 Å². The number of nitrogens with zero attached hydrogens (tertiary/aromatic N) is 5. The van der Waals surface area contributed by atoms with Crippen LogP contribution in [-0.2, 0) is 11.3 Å². The van der Waals surface area contributed by atoms with Gasteiger partial charge in [0, 0.05) is 49.2 Å². The smallest absolute Gasteiger partial charge is 0.258 e. The fourth-order valence-corrected chi connectivity index (χ4v) is 5.13. The second kappa shape index (κ2) is 11.9. The summed E-state index contributed by atoms with van der Waals surface area (Å²) in [6.07, 6.45) is 6.57. The second-order valence-corrected chi connectivity index (χ2v) is 10.5. The lowest BCUT2D eigenvalue weighted by atomic mass is 10.0. The number of likely N-dealkylation sites (N-methyl/N-ethyl adjacent to an activating group) is 1. The number of carbonyl (C=O) groups excluding carboxylic acids is 2. The molecule has 2 amide bonds. The van der Waals surface area contributed by atoms with Crippen molar-refractivity contribution in [2.45, 2.75) is 39.7 Å². The molecule has 0 unspecified atom stereocenters. The Morgan fingerprint density at radius 3 is 2.65 bits per heavy atom. The molecule has 0 spiro atoms. The van der Waals surface area contributed by atoms with Crippen LogP contribution >= 0.6 is 11.6 Å². The number of hydrogen-bond acceptors (Lipinski definition) is 5. The highest BCUT2D eigenvalue weighted by Gasteiger charge is 2.24. The second-order valence-electron chi connectivity index (χ2n) is 10.1. The van der Waals surface area contributed by atoms with Gasteiger partial charge < -0.3 is 14.4 Å². The number of nitrogens with one attached hydrogen (secondary N) is 1. The molecule has 4 rings (SSSR count). The predicted molar refractivity (Wildman–Crippen MR) is 148 cm³/mol. The summed E-state index contributed by atoms with van der Waals surface area (Å²) in [7, 11) is 3.95. The molecular weight excluding hydrogens is 488 g/mol. The lowest BCUT2D eigenvalue weighted by Gasteiger charge is -2.24. The molecule has 1 atom stereocenters. The molecule has 0 saturated carbocycles. The standard InChI is InChI=1S/C28H35ClN6O2/c1-19-15-22(16-20(2)30-19)27(37)32-28-31-24-11-7-10-23(29)26(24)35(28)18-21-9-5-6-14-34(17-21)25(36)12-8-13-33(3)4/h7-8,10-12,15-16,21H,5-6,9,13-14,17-18H2,1-4H3,(H,31,32,37)/b12-8+/t21-/m1/s1. The minimum absolute atomic E-state index is 0.0409. The van der Waals surface area contributed by atoms with Crippen molar-refractivity contribution < 1.29 is 9.59 Å². The molecule has 196 valence electrons. The van der Waals surface area contributed by atoms with Crippen LogP contribution in [0, 0.1) is 19.8 Å². The molecule has 1 aliphatic rings. The number of fused-ring (bicyclic) bond motifs is 1. The number of para-hydroxylation sites is 1. The number of carbonyl (C=O) groups is 2. The van der Waals surface area contributed by atoms with Crippen LogP contribution in [-0.4, -0.2) is 69.9 Å². The van der Waals surface area contributed by atoms with Gasteiger partial charge in [0.15, 0.2) is 0 Å². The van der Waals surface area contributed by atoms with Crippen molar-refractivity contribution >= 4 is 40.4 Å². The molecule has 9 heteroatoms. The van der Waals surface area contributed by atoms with Gasteiger partial charge in [0.2, 0.25) is 11.9 Å². The SMILES string of the molecule is Cc1cc(C(=O)Nc2nc3cccc(Cl)c3n2C[C@@H]2CCCCN(C(=O)/C=C/CN(C)C)C2)cc(C)n1. The van der Waals surface area contributed by atoms with E-state index in [1.165, 1.54) is 0 Å². The summed E-state index contributed by atoms with van der Waals surface area (Å²) in [6.45, 7) is 6.45. The molecule has 1 N–H and O–H groups in total. The summed E-state index contributed by atoms with van der Waals surface area (Å²) in [5.41, 5.74) is 3.60. The van der Waals surface area contributed by atoms with Crippen LogP contribution in [0.15, 0.2) is 42.5 Å². The molecule has 2 aromatic heterocycles. The topological polar surface area (TPSA) is 83.4 Å². The Hall–Kier alpha value is -3.23. The van der Waals surface area contributed by atoms with Crippen molar-refractivity contribution in [1.29, 1.82) is 0 Å². The van der Waals surface area contributed by atoms with Gasteiger partial charge in [-0.25, -0.2) is 4.98 Å². The minimum atomic E-state index is -0.245. The Morgan fingerprint density at radius 2 is 1.92 bits per heavy atom. The van der Waals surface area contributed by atoms with E-state index < -0.39 is 0 Å². The van der Waals surface area contributed by atoms with Crippen molar-refractivity contribution in [3.05, 3.63) is 64.5 Å². The minimum Gasteiger partial charge on any atom is -0.339 e. The number of aryl methyl sites for hydroxylation is 2. The predicted octanol–water partition coefficient (Wildman–Crippen LogP) is 4.70. The largest absolute Gasteiger partial charge is 0.339 e. The number of benzene rings is 1. The van der Waals surface area contributed by atoms with E-state index in [0.29, 0.717) is 29.6 Å². The number of hydrogen-bond donors (Lipinski definition) is 1. The number of anilines is 1. The monoisotopic (exact) mass is 522 g/mol. The van der Waals surface area contributed by atoms with Gasteiger partial charge in [0.25, 0.3) is 5.91 Å². The van der Waals surface area contributed by atoms with E-state index in [9.17, 15) is 9.59 Å². The molecule has 0 aliphatic carbocycles. The van der Waals surface area contributed by atoms with Crippen LogP contribution in [0.2, 0.25) is 5.02 Å². The van der Waals surface area contributed by atoms with Crippen molar-refractivity contribution in [2.24, 2.45) is 5.92 Å². The van der Waals surface area contributed by atoms with Gasteiger partial charge in [-0.3, -0.25) is 19.9 Å². The third kappa shape index (κ3) is 6.76. The van der Waals surface area contributed by atoms with E-state index in [1.807, 2.05) is 66.6 Å². The van der Waals surface area contributed by atoms with Gasteiger partial charge in [-0.15, -0.1) is 0 Å². The zero-order valence-corrected chi connectivity index (χ0v) is 22.8. The first kappa shape index (κ1) is 26.8. The summed E-state index contributed by atoms with van der Waals surface area (Å²) >= 11 is 6.62. The quantitative estimate of drug-likeness (QED) is 0.455. The Morgan fingerprint density at radius 1 is 1.16 bits per heavy atom. The molecule has 37 heavy (non-hydrogen) atoms. The van der Waals surface area contributed by atoms with Gasteiger partial charge in [-0.1, -0.05) is 30.2 Å². The molecule has 1 aliphatic heterocycles. The summed E-state index contributed by atoms with van der Waals surface area (Å²) in [5.74, 6) is 0.445. The Kier molecular flexibility index (Phi) is 8.61. The van der Waals surface area contributed by atoms with Gasteiger partial charge >= 0.3 is 0 Å². The zero-order chi connectivity index (χ0) is 26.5. The molecule has 1 fully saturated rings. The van der Waals surface area contributed by atoms with Crippen LogP contribution < -0.4 is 5.32 Å². The van der Waals surface area contributed by atoms with E-state index >= 15 is 0 Å². The molecule has 0 bridgehead atoms. The van der Waals surface area contributed by atoms with Gasteiger partial charge in [0.1, 0.15) is 0 Å². The molecule has 1 saturated heterocycles. The first-order valence-corrected chi connectivity index (χ1v) is 13.1. The Bertz CT molecular complexity index is 1300. The third-order valence-electron chi connectivity index (χ3n) is 6.54. The number of pyridine rings is 1. The molecular formula is C28H35ClN6O2. The molecule has 8 nitrogen and oxygen atoms in total. The van der Waals surface area contributed by atoms with Crippen molar-refractivity contribution in [1.82, 2.24) is 24.3 Å². The highest BCUT2D eigenvalue weighted by atomic mass is 35.5. The summed E-state index contributed by atoms with van der Waals surface area (Å²) in [6, 6.07) is 9.12. The molecule has 1 aromatic carbocycles. The lowest BCUT2D eigenvalue weighted by Crippen LogP contribution is -2.35. The van der Waals surface area contributed by atoms with Crippen LogP contribution in [0.3, 0.4) is 0 Å². The maximum Gasteiger partial charge on any atom is 0.258 e. The number of likely N-dealkylation sites (tertiary alicyclic amines) is 1. The first-order chi connectivity index (χ1) is 17.7. The average Bonchev–Trinajstić information content (AvgIpc) is 3.00. The van der Waals surface area contributed by atoms with Crippen LogP contribution in [0.4, 0.5) is 5.95 Å². The number of aromatic nitrogens is 3. The lowest BCUT2D eigenvalue weighted by molar-refractivity contribution is -0.126. The maximum atomic E-state index is 13.2. The van der Waals surface area contributed by atoms with E-state index in [4.69, 9.17) is 16.6 Å². The Labute approximate surface area is 223 Å². The number of imidazole rings is 1. The number of halogens is 1. The Balaban J connectivity index is 1.60. The van der Waals surface area contributed by atoms with Crippen molar-refractivity contribution in [3.8, 4) is 0 Å². The number of amides is 2. The van der Waals surface area contributed by atoms with Gasteiger partial charge in [0.05, 0.1) is 16.1 Å². The van der Waals surface area contributed by atoms with Gasteiger partial charge in [-0.05, 0) is 71.0 Å². The number of rotatable bonds is 7. The van der Waals surface area contributed by atoms with Crippen LogP contribution in [0.25, 0.3) is 11.0 Å². The van der Waals surface area contributed by atoms with E-state index in [-0.39, 0.29) is 17.7 Å².